The second kappa shape index (κ2) is 22.5. The molecule has 0 saturated carbocycles. The maximum atomic E-state index is 3.80. The standard InChI is InChI=1S/C23H28N2.2C21H24N2/c1-15-14-21-22(17(3)16(15)2)19-10-7-11-20(23(19)25-21)24-13-12-18-8-5-4-6-9-18;2*1-15-10-11-19-18(14-15)17-8-5-9-20(21(17)23-19)22-13-12-16-6-3-2-4-7-16/h4-6,8-9,14,20,24-25H,7,10-13H2,1-3H3;2*2-4,6-7,10-11,14,20,22-23H,5,8-9,12-13H2,1H3. The van der Waals surface area contributed by atoms with Crippen molar-refractivity contribution in [3.63, 3.8) is 0 Å². The van der Waals surface area contributed by atoms with E-state index in [0.29, 0.717) is 18.1 Å². The van der Waals surface area contributed by atoms with Crippen LogP contribution < -0.4 is 16.0 Å². The van der Waals surface area contributed by atoms with Gasteiger partial charge in [-0.25, -0.2) is 0 Å². The minimum Gasteiger partial charge on any atom is -0.357 e. The molecule has 12 rings (SSSR count). The van der Waals surface area contributed by atoms with E-state index in [1.807, 2.05) is 0 Å². The third kappa shape index (κ3) is 11.2. The van der Waals surface area contributed by atoms with Gasteiger partial charge in [-0.15, -0.1) is 0 Å². The van der Waals surface area contributed by atoms with Crippen LogP contribution in [-0.4, -0.2) is 34.6 Å². The van der Waals surface area contributed by atoms with E-state index >= 15 is 0 Å². The lowest BCUT2D eigenvalue weighted by atomic mass is 9.89. The molecule has 0 radical (unpaired) electrons. The predicted octanol–water partition coefficient (Wildman–Crippen LogP) is 14.7. The number of rotatable bonds is 12. The smallest absolute Gasteiger partial charge is 0.0476 e. The van der Waals surface area contributed by atoms with Gasteiger partial charge < -0.3 is 30.9 Å². The summed E-state index contributed by atoms with van der Waals surface area (Å²) < 4.78 is 0. The fourth-order valence-electron chi connectivity index (χ4n) is 12.0. The third-order valence-corrected chi connectivity index (χ3v) is 16.0. The SMILES string of the molecule is Cc1cc2[nH]c3c(c2c(C)c1C)CCCC3NCCc1ccccc1.Cc1ccc2[nH]c3c(c2c1)CCCC3NCCc1ccccc1.Cc1ccc2[nH]c3c(c2c1)CCCC3NCCc1ccccc1. The molecule has 3 heterocycles. The van der Waals surface area contributed by atoms with Gasteiger partial charge in [-0.05, 0) is 212 Å². The molecule has 0 fully saturated rings. The Hall–Kier alpha value is -6.18. The summed E-state index contributed by atoms with van der Waals surface area (Å²) in [5.41, 5.74) is 24.0. The molecular weight excluding hydrogens is 865 g/mol. The first-order valence-electron chi connectivity index (χ1n) is 26.9. The highest BCUT2D eigenvalue weighted by atomic mass is 15.0. The summed E-state index contributed by atoms with van der Waals surface area (Å²) in [7, 11) is 0. The fraction of sp³-hybridized carbons (Fsp3) is 0.354. The number of hydrogen-bond acceptors (Lipinski definition) is 3. The van der Waals surface area contributed by atoms with E-state index in [-0.39, 0.29) is 0 Å². The molecule has 0 saturated heterocycles. The van der Waals surface area contributed by atoms with Crippen molar-refractivity contribution < 1.29 is 0 Å². The van der Waals surface area contributed by atoms with Gasteiger partial charge >= 0.3 is 0 Å². The van der Waals surface area contributed by atoms with Gasteiger partial charge in [0.2, 0.25) is 0 Å². The third-order valence-electron chi connectivity index (χ3n) is 16.0. The minimum atomic E-state index is 0.458. The monoisotopic (exact) mass is 941 g/mol. The molecule has 3 aliphatic rings. The van der Waals surface area contributed by atoms with Crippen molar-refractivity contribution in [1.82, 2.24) is 30.9 Å². The number of H-pyrrole nitrogens is 3. The average Bonchev–Trinajstić information content (AvgIpc) is 4.09. The van der Waals surface area contributed by atoms with Crippen LogP contribution >= 0.6 is 0 Å². The van der Waals surface area contributed by atoms with Crippen LogP contribution in [0, 0.1) is 34.6 Å². The first-order valence-corrected chi connectivity index (χ1v) is 26.9. The van der Waals surface area contributed by atoms with Crippen molar-refractivity contribution in [3.8, 4) is 0 Å². The van der Waals surface area contributed by atoms with Crippen molar-refractivity contribution in [2.45, 2.75) is 130 Å². The van der Waals surface area contributed by atoms with Crippen LogP contribution in [0.25, 0.3) is 32.7 Å². The Morgan fingerprint density at radius 3 is 1.21 bits per heavy atom. The molecule has 3 aliphatic carbocycles. The number of fused-ring (bicyclic) bond motifs is 9. The van der Waals surface area contributed by atoms with Gasteiger partial charge in [0.15, 0.2) is 0 Å². The highest BCUT2D eigenvalue weighted by Crippen LogP contribution is 2.39. The Labute approximate surface area is 422 Å². The maximum Gasteiger partial charge on any atom is 0.0476 e. The number of aromatic nitrogens is 3. The molecular formula is C65H76N6. The van der Waals surface area contributed by atoms with Gasteiger partial charge in [0, 0.05) is 67.9 Å². The van der Waals surface area contributed by atoms with Gasteiger partial charge in [0.25, 0.3) is 0 Å². The Balaban J connectivity index is 0.000000123. The van der Waals surface area contributed by atoms with E-state index in [2.05, 4.69) is 199 Å². The highest BCUT2D eigenvalue weighted by Gasteiger charge is 2.27. The first kappa shape index (κ1) is 48.4. The lowest BCUT2D eigenvalue weighted by Gasteiger charge is -2.24. The molecule has 0 aliphatic heterocycles. The van der Waals surface area contributed by atoms with Gasteiger partial charge in [-0.1, -0.05) is 114 Å². The Kier molecular flexibility index (Phi) is 15.3. The molecule has 0 amide bonds. The summed E-state index contributed by atoms with van der Waals surface area (Å²) >= 11 is 0. The highest BCUT2D eigenvalue weighted by molar-refractivity contribution is 5.90. The average molecular weight is 941 g/mol. The van der Waals surface area contributed by atoms with Crippen LogP contribution in [0.1, 0.15) is 135 Å². The van der Waals surface area contributed by atoms with Crippen LogP contribution in [0.4, 0.5) is 0 Å². The first-order chi connectivity index (χ1) is 34.8. The zero-order valence-electron chi connectivity index (χ0n) is 43.0. The Morgan fingerprint density at radius 2 is 0.789 bits per heavy atom. The summed E-state index contributed by atoms with van der Waals surface area (Å²) in [6, 6.07) is 49.5. The number of aromatic amines is 3. The Morgan fingerprint density at radius 1 is 0.408 bits per heavy atom. The van der Waals surface area contributed by atoms with E-state index in [1.54, 1.807) is 5.56 Å². The molecule has 0 bridgehead atoms. The van der Waals surface area contributed by atoms with Crippen molar-refractivity contribution in [3.05, 3.63) is 212 Å². The van der Waals surface area contributed by atoms with Crippen LogP contribution in [0.5, 0.6) is 0 Å². The number of hydrogen-bond donors (Lipinski definition) is 6. The lowest BCUT2D eigenvalue weighted by molar-refractivity contribution is 0.456. The summed E-state index contributed by atoms with van der Waals surface area (Å²) in [6.07, 6.45) is 14.4. The van der Waals surface area contributed by atoms with E-state index in [0.717, 1.165) is 38.9 Å². The largest absolute Gasteiger partial charge is 0.357 e. The maximum absolute atomic E-state index is 3.80. The molecule has 6 N–H and O–H groups in total. The molecule has 6 nitrogen and oxygen atoms in total. The molecule has 6 aromatic carbocycles. The topological polar surface area (TPSA) is 83.5 Å². The van der Waals surface area contributed by atoms with E-state index in [9.17, 15) is 0 Å². The van der Waals surface area contributed by atoms with Crippen molar-refractivity contribution in [1.29, 1.82) is 0 Å². The van der Waals surface area contributed by atoms with Crippen LogP contribution in [0.3, 0.4) is 0 Å². The molecule has 3 aromatic heterocycles. The molecule has 3 atom stereocenters. The number of aryl methyl sites for hydroxylation is 7. The van der Waals surface area contributed by atoms with Crippen molar-refractivity contribution in [2.75, 3.05) is 19.6 Å². The lowest BCUT2D eigenvalue weighted by Crippen LogP contribution is -2.27. The zero-order chi connectivity index (χ0) is 48.7. The summed E-state index contributed by atoms with van der Waals surface area (Å²) in [4.78, 5) is 11.1. The normalized spacial score (nSPS) is 17.2. The van der Waals surface area contributed by atoms with E-state index in [1.165, 1.54) is 163 Å². The second-order valence-electron chi connectivity index (χ2n) is 20.9. The van der Waals surface area contributed by atoms with Gasteiger partial charge in [0.1, 0.15) is 0 Å². The molecule has 9 aromatic rings. The fourth-order valence-corrected chi connectivity index (χ4v) is 12.0. The van der Waals surface area contributed by atoms with Crippen LogP contribution in [0.15, 0.2) is 133 Å². The minimum absolute atomic E-state index is 0.458. The van der Waals surface area contributed by atoms with Gasteiger partial charge in [-0.2, -0.15) is 0 Å². The van der Waals surface area contributed by atoms with E-state index < -0.39 is 0 Å². The quantitative estimate of drug-likeness (QED) is 0.0738. The molecule has 6 heteroatoms. The van der Waals surface area contributed by atoms with Gasteiger partial charge in [0.05, 0.1) is 0 Å². The number of nitrogens with one attached hydrogen (secondary N) is 6. The van der Waals surface area contributed by atoms with Gasteiger partial charge in [-0.3, -0.25) is 0 Å². The number of benzene rings is 6. The Bertz CT molecular complexity index is 3030. The second-order valence-corrected chi connectivity index (χ2v) is 20.9. The van der Waals surface area contributed by atoms with Crippen molar-refractivity contribution in [2.24, 2.45) is 0 Å². The summed E-state index contributed by atoms with van der Waals surface area (Å²) in [5.74, 6) is 0. The summed E-state index contributed by atoms with van der Waals surface area (Å²) in [6.45, 7) is 14.2. The molecule has 0 spiro atoms. The zero-order valence-corrected chi connectivity index (χ0v) is 43.0. The molecule has 366 valence electrons. The van der Waals surface area contributed by atoms with Crippen LogP contribution in [0.2, 0.25) is 0 Å². The van der Waals surface area contributed by atoms with E-state index in [4.69, 9.17) is 0 Å². The van der Waals surface area contributed by atoms with Crippen LogP contribution in [-0.2, 0) is 38.5 Å². The summed E-state index contributed by atoms with van der Waals surface area (Å²) in [5, 5.41) is 15.7. The van der Waals surface area contributed by atoms with Crippen molar-refractivity contribution >= 4 is 32.7 Å². The predicted molar refractivity (Wildman–Crippen MR) is 300 cm³/mol. The molecule has 3 unspecified atom stereocenters. The molecule has 71 heavy (non-hydrogen) atoms.